The lowest BCUT2D eigenvalue weighted by Gasteiger charge is -2.09. The molecule has 1 heterocycles. The van der Waals surface area contributed by atoms with Gasteiger partial charge in [-0.3, -0.25) is 9.78 Å². The summed E-state index contributed by atoms with van der Waals surface area (Å²) in [7, 11) is 1.42. The fourth-order valence-electron chi connectivity index (χ4n) is 2.39. The summed E-state index contributed by atoms with van der Waals surface area (Å²) in [6.07, 6.45) is 8.89. The van der Waals surface area contributed by atoms with Crippen LogP contribution in [0.2, 0.25) is 0 Å². The van der Waals surface area contributed by atoms with Crippen molar-refractivity contribution in [1.29, 1.82) is 0 Å². The van der Waals surface area contributed by atoms with Crippen molar-refractivity contribution in [2.75, 3.05) is 12.8 Å². The van der Waals surface area contributed by atoms with Gasteiger partial charge >= 0.3 is 5.97 Å². The molecule has 0 radical (unpaired) electrons. The molecule has 0 fully saturated rings. The molecule has 4 heteroatoms. The maximum Gasteiger partial charge on any atom is 0.305 e. The van der Waals surface area contributed by atoms with Crippen LogP contribution in [0.5, 0.6) is 0 Å². The first kappa shape index (κ1) is 16.7. The molecule has 120 valence electrons. The number of allylic oxidation sites excluding steroid dienone is 1. The van der Waals surface area contributed by atoms with E-state index in [4.69, 9.17) is 5.73 Å². The maximum atomic E-state index is 11.1. The van der Waals surface area contributed by atoms with Crippen LogP contribution in [-0.4, -0.2) is 18.1 Å². The second kappa shape index (κ2) is 8.73. The largest absolute Gasteiger partial charge is 0.469 e. The van der Waals surface area contributed by atoms with Crippen molar-refractivity contribution in [2.24, 2.45) is 0 Å². The molecule has 23 heavy (non-hydrogen) atoms. The van der Waals surface area contributed by atoms with E-state index in [2.05, 4.69) is 15.8 Å². The van der Waals surface area contributed by atoms with E-state index in [-0.39, 0.29) is 5.97 Å². The highest BCUT2D eigenvalue weighted by Crippen LogP contribution is 2.25. The molecule has 0 atom stereocenters. The number of benzene rings is 1. The Balaban J connectivity index is 2.11. The lowest BCUT2D eigenvalue weighted by molar-refractivity contribution is -0.140. The normalized spacial score (nSPS) is 11.3. The highest BCUT2D eigenvalue weighted by molar-refractivity contribution is 5.80. The first-order valence-corrected chi connectivity index (χ1v) is 7.74. The van der Waals surface area contributed by atoms with Gasteiger partial charge in [0.15, 0.2) is 0 Å². The summed E-state index contributed by atoms with van der Waals surface area (Å²) in [6.45, 7) is 0. The van der Waals surface area contributed by atoms with E-state index in [0.717, 1.165) is 41.6 Å². The number of carbonyl (C=O) groups is 1. The fraction of sp³-hybridized carbons (Fsp3) is 0.263. The highest BCUT2D eigenvalue weighted by Gasteiger charge is 2.06. The Morgan fingerprint density at radius 1 is 1.22 bits per heavy atom. The van der Waals surface area contributed by atoms with Crippen LogP contribution in [0.25, 0.3) is 5.57 Å². The SMILES string of the molecule is COC(=O)CCCCC=C(c1cccnc1)c1cccc(N)c1. The lowest BCUT2D eigenvalue weighted by Crippen LogP contribution is -1.99. The second-order valence-electron chi connectivity index (χ2n) is 5.31. The zero-order valence-electron chi connectivity index (χ0n) is 13.4. The molecule has 0 unspecified atom stereocenters. The number of aromatic nitrogens is 1. The summed E-state index contributed by atoms with van der Waals surface area (Å²) >= 11 is 0. The fourth-order valence-corrected chi connectivity index (χ4v) is 2.39. The maximum absolute atomic E-state index is 11.1. The third-order valence-electron chi connectivity index (χ3n) is 3.58. The van der Waals surface area contributed by atoms with Crippen LogP contribution in [0, 0.1) is 0 Å². The van der Waals surface area contributed by atoms with Gasteiger partial charge in [0.2, 0.25) is 0 Å². The summed E-state index contributed by atoms with van der Waals surface area (Å²) < 4.78 is 4.65. The van der Waals surface area contributed by atoms with Crippen molar-refractivity contribution < 1.29 is 9.53 Å². The quantitative estimate of drug-likeness (QED) is 0.479. The summed E-state index contributed by atoms with van der Waals surface area (Å²) in [5, 5.41) is 0. The summed E-state index contributed by atoms with van der Waals surface area (Å²) in [6, 6.07) is 11.8. The topological polar surface area (TPSA) is 65.2 Å². The van der Waals surface area contributed by atoms with Crippen LogP contribution in [0.4, 0.5) is 5.69 Å². The Hall–Kier alpha value is -2.62. The monoisotopic (exact) mass is 310 g/mol. The molecule has 0 saturated carbocycles. The molecular formula is C19H22N2O2. The Labute approximate surface area is 137 Å². The smallest absolute Gasteiger partial charge is 0.305 e. The van der Waals surface area contributed by atoms with Crippen LogP contribution in [0.3, 0.4) is 0 Å². The molecule has 0 aliphatic heterocycles. The Kier molecular flexibility index (Phi) is 6.36. The van der Waals surface area contributed by atoms with Crippen molar-refractivity contribution in [2.45, 2.75) is 25.7 Å². The molecule has 0 amide bonds. The molecule has 1 aromatic carbocycles. The van der Waals surface area contributed by atoms with E-state index < -0.39 is 0 Å². The number of methoxy groups -OCH3 is 1. The number of hydrogen-bond acceptors (Lipinski definition) is 4. The average Bonchev–Trinajstić information content (AvgIpc) is 2.58. The number of anilines is 1. The van der Waals surface area contributed by atoms with Crippen LogP contribution in [0.1, 0.15) is 36.8 Å². The van der Waals surface area contributed by atoms with E-state index in [1.54, 1.807) is 6.20 Å². The number of hydrogen-bond donors (Lipinski definition) is 1. The molecule has 4 nitrogen and oxygen atoms in total. The molecule has 0 bridgehead atoms. The van der Waals surface area contributed by atoms with Gasteiger partial charge in [0, 0.05) is 30.1 Å². The van der Waals surface area contributed by atoms with E-state index in [1.165, 1.54) is 7.11 Å². The highest BCUT2D eigenvalue weighted by atomic mass is 16.5. The minimum atomic E-state index is -0.155. The number of pyridine rings is 1. The van der Waals surface area contributed by atoms with Crippen LogP contribution >= 0.6 is 0 Å². The minimum Gasteiger partial charge on any atom is -0.469 e. The number of nitrogen functional groups attached to an aromatic ring is 1. The number of carbonyl (C=O) groups excluding carboxylic acids is 1. The Morgan fingerprint density at radius 2 is 2.04 bits per heavy atom. The summed E-state index contributed by atoms with van der Waals surface area (Å²) in [5.74, 6) is -0.155. The van der Waals surface area contributed by atoms with Gasteiger partial charge in [0.05, 0.1) is 7.11 Å². The third-order valence-corrected chi connectivity index (χ3v) is 3.58. The molecule has 0 saturated heterocycles. The van der Waals surface area contributed by atoms with Gasteiger partial charge in [-0.25, -0.2) is 0 Å². The van der Waals surface area contributed by atoms with Crippen LogP contribution in [0.15, 0.2) is 54.9 Å². The molecule has 0 aliphatic carbocycles. The number of esters is 1. The Morgan fingerprint density at radius 3 is 2.74 bits per heavy atom. The predicted octanol–water partition coefficient (Wildman–Crippen LogP) is 3.83. The third kappa shape index (κ3) is 5.25. The van der Waals surface area contributed by atoms with E-state index in [9.17, 15) is 4.79 Å². The standard InChI is InChI=1S/C19H22N2O2/c1-23-19(22)11-4-2-3-10-18(16-8-6-12-21-14-16)15-7-5-9-17(20)13-15/h5-10,12-14H,2-4,11,20H2,1H3. The van der Waals surface area contributed by atoms with E-state index in [1.807, 2.05) is 42.6 Å². The van der Waals surface area contributed by atoms with Crippen LogP contribution < -0.4 is 5.73 Å². The van der Waals surface area contributed by atoms with Crippen LogP contribution in [-0.2, 0) is 9.53 Å². The number of nitrogens with zero attached hydrogens (tertiary/aromatic N) is 1. The Bertz CT molecular complexity index is 666. The van der Waals surface area contributed by atoms with Crippen molar-refractivity contribution >= 4 is 17.2 Å². The molecule has 2 N–H and O–H groups in total. The first-order valence-electron chi connectivity index (χ1n) is 7.74. The second-order valence-corrected chi connectivity index (χ2v) is 5.31. The molecule has 2 rings (SSSR count). The zero-order chi connectivity index (χ0) is 16.5. The summed E-state index contributed by atoms with van der Waals surface area (Å²) in [5.41, 5.74) is 9.89. The first-order chi connectivity index (χ1) is 11.2. The number of rotatable bonds is 7. The molecule has 0 aliphatic rings. The van der Waals surface area contributed by atoms with Gasteiger partial charge in [-0.2, -0.15) is 0 Å². The molecule has 2 aromatic rings. The molecular weight excluding hydrogens is 288 g/mol. The van der Waals surface area contributed by atoms with Gasteiger partial charge in [0.25, 0.3) is 0 Å². The number of unbranched alkanes of at least 4 members (excludes halogenated alkanes) is 2. The van der Waals surface area contributed by atoms with Crippen molar-refractivity contribution in [1.82, 2.24) is 4.98 Å². The van der Waals surface area contributed by atoms with E-state index >= 15 is 0 Å². The predicted molar refractivity (Wildman–Crippen MR) is 92.7 cm³/mol. The van der Waals surface area contributed by atoms with Gasteiger partial charge in [-0.1, -0.05) is 24.3 Å². The number of nitrogens with two attached hydrogens (primary N) is 1. The summed E-state index contributed by atoms with van der Waals surface area (Å²) in [4.78, 5) is 15.3. The van der Waals surface area contributed by atoms with Crippen molar-refractivity contribution in [3.63, 3.8) is 0 Å². The van der Waals surface area contributed by atoms with E-state index in [0.29, 0.717) is 6.42 Å². The van der Waals surface area contributed by atoms with Gasteiger partial charge in [0.1, 0.15) is 0 Å². The van der Waals surface area contributed by atoms with Crippen molar-refractivity contribution in [3.05, 3.63) is 66.0 Å². The lowest BCUT2D eigenvalue weighted by atomic mass is 9.97. The average molecular weight is 310 g/mol. The van der Waals surface area contributed by atoms with Gasteiger partial charge in [-0.15, -0.1) is 0 Å². The van der Waals surface area contributed by atoms with Gasteiger partial charge in [-0.05, 0) is 48.6 Å². The molecule has 1 aromatic heterocycles. The number of ether oxygens (including phenoxy) is 1. The zero-order valence-corrected chi connectivity index (χ0v) is 13.4. The van der Waals surface area contributed by atoms with Gasteiger partial charge < -0.3 is 10.5 Å². The minimum absolute atomic E-state index is 0.155. The van der Waals surface area contributed by atoms with Crippen molar-refractivity contribution in [3.8, 4) is 0 Å². The molecule has 0 spiro atoms.